The number of anilines is 1. The Kier molecular flexibility index (Phi) is 5.99. The molecule has 1 amide bonds. The van der Waals surface area contributed by atoms with Crippen LogP contribution in [-0.2, 0) is 0 Å². The molecule has 0 atom stereocenters. The van der Waals surface area contributed by atoms with Crippen molar-refractivity contribution in [3.8, 4) is 5.75 Å². The Bertz CT molecular complexity index is 711. The number of hydrogen-bond acceptors (Lipinski definition) is 5. The van der Waals surface area contributed by atoms with Crippen molar-refractivity contribution < 1.29 is 13.9 Å². The molecule has 2 aromatic rings. The standard InChI is InChI=1S/C18H22BrN3O3/c1-24-15-5-3-2-4-14(15)22-12-10-21(11-13-22)9-8-20-18(23)16-6-7-17(19)25-16/h2-7H,8-13H2,1H3,(H,20,23). The molecule has 2 heterocycles. The third kappa shape index (κ3) is 4.55. The van der Waals surface area contributed by atoms with Crippen LogP contribution in [-0.4, -0.2) is 57.2 Å². The first kappa shape index (κ1) is 17.8. The highest BCUT2D eigenvalue weighted by molar-refractivity contribution is 9.10. The fourth-order valence-electron chi connectivity index (χ4n) is 2.95. The van der Waals surface area contributed by atoms with Crippen molar-refractivity contribution in [1.82, 2.24) is 10.2 Å². The van der Waals surface area contributed by atoms with Gasteiger partial charge in [-0.1, -0.05) is 12.1 Å². The van der Waals surface area contributed by atoms with Crippen LogP contribution in [0.2, 0.25) is 0 Å². The SMILES string of the molecule is COc1ccccc1N1CCN(CCNC(=O)c2ccc(Br)o2)CC1. The summed E-state index contributed by atoms with van der Waals surface area (Å²) < 4.78 is 11.3. The molecule has 134 valence electrons. The Hall–Kier alpha value is -1.99. The highest BCUT2D eigenvalue weighted by atomic mass is 79.9. The van der Waals surface area contributed by atoms with Crippen LogP contribution in [0.3, 0.4) is 0 Å². The highest BCUT2D eigenvalue weighted by Crippen LogP contribution is 2.28. The third-order valence-corrected chi connectivity index (χ3v) is 4.73. The van der Waals surface area contributed by atoms with Crippen LogP contribution in [0.25, 0.3) is 0 Å². The zero-order valence-corrected chi connectivity index (χ0v) is 15.8. The largest absolute Gasteiger partial charge is 0.495 e. The zero-order chi connectivity index (χ0) is 17.6. The molecule has 1 fully saturated rings. The van der Waals surface area contributed by atoms with Gasteiger partial charge in [0.05, 0.1) is 12.8 Å². The Balaban J connectivity index is 1.43. The fourth-order valence-corrected chi connectivity index (χ4v) is 3.26. The van der Waals surface area contributed by atoms with Crippen molar-refractivity contribution in [2.75, 3.05) is 51.3 Å². The number of ether oxygens (including phenoxy) is 1. The number of hydrogen-bond donors (Lipinski definition) is 1. The first-order valence-corrected chi connectivity index (χ1v) is 9.10. The lowest BCUT2D eigenvalue weighted by Crippen LogP contribution is -2.48. The van der Waals surface area contributed by atoms with Crippen LogP contribution in [0, 0.1) is 0 Å². The van der Waals surface area contributed by atoms with Crippen LogP contribution < -0.4 is 15.0 Å². The summed E-state index contributed by atoms with van der Waals surface area (Å²) in [6.07, 6.45) is 0. The van der Waals surface area contributed by atoms with Gasteiger partial charge in [0.25, 0.3) is 5.91 Å². The first-order chi connectivity index (χ1) is 12.2. The van der Waals surface area contributed by atoms with Crippen molar-refractivity contribution in [1.29, 1.82) is 0 Å². The minimum atomic E-state index is -0.182. The minimum absolute atomic E-state index is 0.182. The zero-order valence-electron chi connectivity index (χ0n) is 14.2. The van der Waals surface area contributed by atoms with E-state index in [1.165, 1.54) is 0 Å². The van der Waals surface area contributed by atoms with Crippen molar-refractivity contribution >= 4 is 27.5 Å². The average Bonchev–Trinajstić information content (AvgIpc) is 3.09. The number of carbonyl (C=O) groups excluding carboxylic acids is 1. The second kappa shape index (κ2) is 8.40. The number of benzene rings is 1. The first-order valence-electron chi connectivity index (χ1n) is 8.31. The summed E-state index contributed by atoms with van der Waals surface area (Å²) >= 11 is 3.20. The molecule has 7 heteroatoms. The number of nitrogens with one attached hydrogen (secondary N) is 1. The van der Waals surface area contributed by atoms with Crippen LogP contribution >= 0.6 is 15.9 Å². The summed E-state index contributed by atoms with van der Waals surface area (Å²) in [4.78, 5) is 16.6. The molecule has 25 heavy (non-hydrogen) atoms. The van der Waals surface area contributed by atoms with Gasteiger partial charge in [-0.25, -0.2) is 0 Å². The van der Waals surface area contributed by atoms with Gasteiger partial charge in [0.2, 0.25) is 0 Å². The van der Waals surface area contributed by atoms with Gasteiger partial charge in [0.15, 0.2) is 10.4 Å². The van der Waals surface area contributed by atoms with E-state index in [9.17, 15) is 4.79 Å². The van der Waals surface area contributed by atoms with Gasteiger partial charge in [-0.15, -0.1) is 0 Å². The summed E-state index contributed by atoms with van der Waals surface area (Å²) in [5.41, 5.74) is 1.14. The van der Waals surface area contributed by atoms with E-state index < -0.39 is 0 Å². The Morgan fingerprint density at radius 1 is 1.20 bits per heavy atom. The lowest BCUT2D eigenvalue weighted by Gasteiger charge is -2.36. The third-order valence-electron chi connectivity index (χ3n) is 4.31. The normalized spacial score (nSPS) is 15.2. The molecule has 0 radical (unpaired) electrons. The Morgan fingerprint density at radius 3 is 2.64 bits per heavy atom. The van der Waals surface area contributed by atoms with E-state index in [1.54, 1.807) is 19.2 Å². The van der Waals surface area contributed by atoms with E-state index in [2.05, 4.69) is 37.1 Å². The van der Waals surface area contributed by atoms with E-state index in [0.717, 1.165) is 44.2 Å². The average molecular weight is 408 g/mol. The fraction of sp³-hybridized carbons (Fsp3) is 0.389. The molecule has 1 saturated heterocycles. The summed E-state index contributed by atoms with van der Waals surface area (Å²) in [5, 5.41) is 2.89. The molecule has 0 spiro atoms. The molecule has 0 unspecified atom stereocenters. The van der Waals surface area contributed by atoms with Crippen molar-refractivity contribution in [3.63, 3.8) is 0 Å². The summed E-state index contributed by atoms with van der Waals surface area (Å²) in [6.45, 7) is 5.23. The van der Waals surface area contributed by atoms with Gasteiger partial charge in [-0.05, 0) is 40.2 Å². The van der Waals surface area contributed by atoms with E-state index >= 15 is 0 Å². The van der Waals surface area contributed by atoms with E-state index in [1.807, 2.05) is 18.2 Å². The van der Waals surface area contributed by atoms with Gasteiger partial charge in [-0.2, -0.15) is 0 Å². The quantitative estimate of drug-likeness (QED) is 0.797. The van der Waals surface area contributed by atoms with Gasteiger partial charge < -0.3 is 19.4 Å². The Labute approximate surface area is 155 Å². The molecule has 6 nitrogen and oxygen atoms in total. The van der Waals surface area contributed by atoms with Gasteiger partial charge >= 0.3 is 0 Å². The van der Waals surface area contributed by atoms with E-state index in [0.29, 0.717) is 17.0 Å². The number of rotatable bonds is 6. The molecular formula is C18H22BrN3O3. The summed E-state index contributed by atoms with van der Waals surface area (Å²) in [7, 11) is 1.70. The highest BCUT2D eigenvalue weighted by Gasteiger charge is 2.19. The molecular weight excluding hydrogens is 386 g/mol. The number of furan rings is 1. The van der Waals surface area contributed by atoms with Crippen LogP contribution in [0.5, 0.6) is 5.75 Å². The molecule has 1 aromatic heterocycles. The number of nitrogens with zero attached hydrogens (tertiary/aromatic N) is 2. The predicted octanol–water partition coefficient (Wildman–Crippen LogP) is 2.60. The predicted molar refractivity (Wildman–Crippen MR) is 100 cm³/mol. The smallest absolute Gasteiger partial charge is 0.287 e. The van der Waals surface area contributed by atoms with Crippen LogP contribution in [0.1, 0.15) is 10.6 Å². The van der Waals surface area contributed by atoms with Gasteiger partial charge in [0.1, 0.15) is 5.75 Å². The maximum absolute atomic E-state index is 11.9. The summed E-state index contributed by atoms with van der Waals surface area (Å²) in [6, 6.07) is 11.5. The number of amides is 1. The van der Waals surface area contributed by atoms with Gasteiger partial charge in [-0.3, -0.25) is 9.69 Å². The van der Waals surface area contributed by atoms with Crippen molar-refractivity contribution in [2.45, 2.75) is 0 Å². The molecule has 1 aromatic carbocycles. The molecule has 1 N–H and O–H groups in total. The van der Waals surface area contributed by atoms with Crippen molar-refractivity contribution in [2.24, 2.45) is 0 Å². The van der Waals surface area contributed by atoms with Crippen molar-refractivity contribution in [3.05, 3.63) is 46.8 Å². The topological polar surface area (TPSA) is 58.0 Å². The van der Waals surface area contributed by atoms with E-state index in [4.69, 9.17) is 9.15 Å². The maximum Gasteiger partial charge on any atom is 0.287 e. The lowest BCUT2D eigenvalue weighted by molar-refractivity contribution is 0.0919. The molecule has 0 saturated carbocycles. The maximum atomic E-state index is 11.9. The Morgan fingerprint density at radius 2 is 1.96 bits per heavy atom. The number of carbonyl (C=O) groups is 1. The van der Waals surface area contributed by atoms with E-state index in [-0.39, 0.29) is 5.91 Å². The van der Waals surface area contributed by atoms with Crippen LogP contribution in [0.4, 0.5) is 5.69 Å². The molecule has 0 bridgehead atoms. The molecule has 3 rings (SSSR count). The molecule has 0 aliphatic carbocycles. The molecule has 1 aliphatic heterocycles. The second-order valence-corrected chi connectivity index (χ2v) is 6.64. The molecule has 1 aliphatic rings. The lowest BCUT2D eigenvalue weighted by atomic mass is 10.2. The minimum Gasteiger partial charge on any atom is -0.495 e. The monoisotopic (exact) mass is 407 g/mol. The second-order valence-electron chi connectivity index (χ2n) is 5.86. The number of halogens is 1. The van der Waals surface area contributed by atoms with Crippen LogP contribution in [0.15, 0.2) is 45.5 Å². The summed E-state index contributed by atoms with van der Waals surface area (Å²) in [5.74, 6) is 1.05. The number of para-hydroxylation sites is 2. The van der Waals surface area contributed by atoms with Gasteiger partial charge in [0, 0.05) is 39.3 Å². The number of methoxy groups -OCH3 is 1. The number of piperazine rings is 1.